The average molecular weight is 973 g/mol. The number of hydrogen-bond donors (Lipinski definition) is 0. The first-order chi connectivity index (χ1) is 11.1. The predicted molar refractivity (Wildman–Crippen MR) is 140 cm³/mol. The van der Waals surface area contributed by atoms with Crippen molar-refractivity contribution in [2.24, 2.45) is 0 Å². The van der Waals surface area contributed by atoms with E-state index >= 15 is 0 Å². The van der Waals surface area contributed by atoms with Gasteiger partial charge in [-0.25, -0.2) is 0 Å². The molecule has 0 saturated heterocycles. The fourth-order valence-electron chi connectivity index (χ4n) is 1.65. The molecule has 0 aliphatic heterocycles. The zero-order valence-electron chi connectivity index (χ0n) is 11.8. The first kappa shape index (κ1) is 25.3. The van der Waals surface area contributed by atoms with Crippen LogP contribution in [0.5, 0.6) is 0 Å². The summed E-state index contributed by atoms with van der Waals surface area (Å²) in [5, 5.41) is 0. The highest BCUT2D eigenvalue weighted by Gasteiger charge is 2.25. The SMILES string of the molecule is Brc1c(Br)c(Br)c(-c2c(Br)c(Br)c(Br)c(Br)c2Br)c(Br)c1Br.CC. The van der Waals surface area contributed by atoms with Crippen molar-refractivity contribution in [3.05, 3.63) is 44.7 Å². The van der Waals surface area contributed by atoms with Crippen molar-refractivity contribution in [2.75, 3.05) is 0 Å². The van der Waals surface area contributed by atoms with Crippen LogP contribution in [-0.2, 0) is 0 Å². The van der Waals surface area contributed by atoms with E-state index in [0.717, 1.165) is 55.9 Å². The molecule has 0 spiro atoms. The standard InChI is InChI=1S/C12Br10.C2H6/c13-3-1(4(14)8(18)11(21)7(3)17)2-5(15)9(19)12(22)10(20)6(2)16;1-2/h;1-2H3. The smallest absolute Gasteiger partial charge is 0.0482 e. The third kappa shape index (κ3) is 4.86. The van der Waals surface area contributed by atoms with E-state index < -0.39 is 0 Å². The van der Waals surface area contributed by atoms with Gasteiger partial charge in [-0.15, -0.1) is 0 Å². The molecular weight excluding hydrogens is 967 g/mol. The number of hydrogen-bond acceptors (Lipinski definition) is 0. The molecule has 0 N–H and O–H groups in total. The lowest BCUT2D eigenvalue weighted by molar-refractivity contribution is 1.39. The Kier molecular flexibility index (Phi) is 11.4. The van der Waals surface area contributed by atoms with E-state index in [4.69, 9.17) is 0 Å². The predicted octanol–water partition coefficient (Wildman–Crippen LogP) is 12.0. The largest absolute Gasteiger partial charge is 0.0683 e. The minimum Gasteiger partial charge on any atom is -0.0683 e. The van der Waals surface area contributed by atoms with Gasteiger partial charge in [-0.3, -0.25) is 0 Å². The Morgan fingerprint density at radius 2 is 0.417 bits per heavy atom. The van der Waals surface area contributed by atoms with Crippen LogP contribution in [0.4, 0.5) is 0 Å². The van der Waals surface area contributed by atoms with Gasteiger partial charge in [0.05, 0.1) is 0 Å². The Hall–Kier alpha value is 3.24. The molecule has 0 saturated carbocycles. The lowest BCUT2D eigenvalue weighted by atomic mass is 10.1. The maximum Gasteiger partial charge on any atom is 0.0482 e. The van der Waals surface area contributed by atoms with Crippen molar-refractivity contribution in [1.29, 1.82) is 0 Å². The van der Waals surface area contributed by atoms with Crippen LogP contribution < -0.4 is 0 Å². The molecular formula is C14H6Br10. The molecule has 0 unspecified atom stereocenters. The van der Waals surface area contributed by atoms with Gasteiger partial charge < -0.3 is 0 Å². The van der Waals surface area contributed by atoms with Crippen molar-refractivity contribution >= 4 is 159 Å². The first-order valence-electron chi connectivity index (χ1n) is 6.14. The van der Waals surface area contributed by atoms with Gasteiger partial charge in [-0.1, -0.05) is 13.8 Å². The summed E-state index contributed by atoms with van der Waals surface area (Å²) in [6, 6.07) is 0. The highest BCUT2D eigenvalue weighted by atomic mass is 79.9. The Balaban J connectivity index is 0.00000139. The van der Waals surface area contributed by atoms with Crippen LogP contribution >= 0.6 is 159 Å². The molecule has 0 aliphatic carbocycles. The molecule has 0 nitrogen and oxygen atoms in total. The van der Waals surface area contributed by atoms with Crippen LogP contribution in [0.15, 0.2) is 44.7 Å². The molecule has 2 aromatic carbocycles. The van der Waals surface area contributed by atoms with Crippen LogP contribution in [-0.4, -0.2) is 0 Å². The summed E-state index contributed by atoms with van der Waals surface area (Å²) in [7, 11) is 0. The van der Waals surface area contributed by atoms with E-state index in [1.54, 1.807) is 0 Å². The third-order valence-corrected chi connectivity index (χ3v) is 14.9. The summed E-state index contributed by atoms with van der Waals surface area (Å²) in [6.45, 7) is 4.00. The summed E-state index contributed by atoms with van der Waals surface area (Å²) in [5.41, 5.74) is 1.99. The highest BCUT2D eigenvalue weighted by Crippen LogP contribution is 2.55. The minimum absolute atomic E-state index is 0.923. The van der Waals surface area contributed by atoms with Gasteiger partial charge >= 0.3 is 0 Å². The topological polar surface area (TPSA) is 0 Å². The second kappa shape index (κ2) is 10.9. The minimum atomic E-state index is 0.923. The molecule has 0 aliphatic rings. The van der Waals surface area contributed by atoms with E-state index in [2.05, 4.69) is 159 Å². The van der Waals surface area contributed by atoms with Crippen LogP contribution in [0, 0.1) is 0 Å². The average Bonchev–Trinajstić information content (AvgIpc) is 2.59. The summed E-state index contributed by atoms with van der Waals surface area (Å²) < 4.78 is 9.26. The third-order valence-electron chi connectivity index (χ3n) is 2.67. The van der Waals surface area contributed by atoms with Gasteiger partial charge in [0.25, 0.3) is 0 Å². The fraction of sp³-hybridized carbons (Fsp3) is 0.143. The van der Waals surface area contributed by atoms with E-state index in [1.165, 1.54) is 0 Å². The van der Waals surface area contributed by atoms with Crippen molar-refractivity contribution in [3.8, 4) is 11.1 Å². The van der Waals surface area contributed by atoms with Gasteiger partial charge in [-0.05, 0) is 159 Å². The second-order valence-electron chi connectivity index (χ2n) is 3.89. The molecule has 0 atom stereocenters. The number of benzene rings is 2. The Labute approximate surface area is 225 Å². The van der Waals surface area contributed by atoms with Crippen molar-refractivity contribution in [3.63, 3.8) is 0 Å². The van der Waals surface area contributed by atoms with Gasteiger partial charge in [0.15, 0.2) is 0 Å². The lowest BCUT2D eigenvalue weighted by Gasteiger charge is -2.19. The maximum absolute atomic E-state index is 3.68. The van der Waals surface area contributed by atoms with Crippen LogP contribution in [0.1, 0.15) is 13.8 Å². The molecule has 10 heteroatoms. The van der Waals surface area contributed by atoms with Gasteiger partial charge in [0, 0.05) is 55.9 Å². The normalized spacial score (nSPS) is 10.5. The zero-order valence-corrected chi connectivity index (χ0v) is 27.6. The molecule has 0 amide bonds. The number of halogens is 10. The monoisotopic (exact) mass is 963 g/mol. The van der Waals surface area contributed by atoms with E-state index in [9.17, 15) is 0 Å². The van der Waals surface area contributed by atoms with Gasteiger partial charge in [0.1, 0.15) is 0 Å². The van der Waals surface area contributed by atoms with Crippen LogP contribution in [0.3, 0.4) is 0 Å². The first-order valence-corrected chi connectivity index (χ1v) is 14.1. The Morgan fingerprint density at radius 1 is 0.292 bits per heavy atom. The Bertz CT molecular complexity index is 672. The quantitative estimate of drug-likeness (QED) is 0.197. The molecule has 0 aromatic heterocycles. The van der Waals surface area contributed by atoms with Crippen molar-refractivity contribution < 1.29 is 0 Å². The molecule has 2 aromatic rings. The molecule has 0 fully saturated rings. The van der Waals surface area contributed by atoms with Crippen LogP contribution in [0.2, 0.25) is 0 Å². The highest BCUT2D eigenvalue weighted by molar-refractivity contribution is 9.16. The molecule has 132 valence electrons. The number of rotatable bonds is 1. The fourth-order valence-corrected chi connectivity index (χ4v) is 8.54. The molecule has 24 heavy (non-hydrogen) atoms. The van der Waals surface area contributed by atoms with Crippen molar-refractivity contribution in [2.45, 2.75) is 13.8 Å². The molecule has 0 bridgehead atoms. The maximum atomic E-state index is 3.68. The van der Waals surface area contributed by atoms with Gasteiger partial charge in [0.2, 0.25) is 0 Å². The summed E-state index contributed by atoms with van der Waals surface area (Å²) in [4.78, 5) is 0. The molecule has 0 radical (unpaired) electrons. The van der Waals surface area contributed by atoms with E-state index in [0.29, 0.717) is 0 Å². The Morgan fingerprint density at radius 3 is 0.583 bits per heavy atom. The van der Waals surface area contributed by atoms with Crippen molar-refractivity contribution in [1.82, 2.24) is 0 Å². The summed E-state index contributed by atoms with van der Waals surface area (Å²) in [6.07, 6.45) is 0. The zero-order chi connectivity index (χ0) is 18.9. The summed E-state index contributed by atoms with van der Waals surface area (Å²) in [5.74, 6) is 0. The van der Waals surface area contributed by atoms with Gasteiger partial charge in [-0.2, -0.15) is 0 Å². The van der Waals surface area contributed by atoms with E-state index in [1.807, 2.05) is 13.8 Å². The van der Waals surface area contributed by atoms with Crippen LogP contribution in [0.25, 0.3) is 11.1 Å². The second-order valence-corrected chi connectivity index (χ2v) is 11.8. The summed E-state index contributed by atoms with van der Waals surface area (Å²) >= 11 is 36.3. The van der Waals surface area contributed by atoms with E-state index in [-0.39, 0.29) is 0 Å². The molecule has 0 heterocycles. The lowest BCUT2D eigenvalue weighted by Crippen LogP contribution is -1.93. The molecule has 2 rings (SSSR count).